The first-order chi connectivity index (χ1) is 13.4. The molecule has 0 spiro atoms. The van der Waals surface area contributed by atoms with Crippen LogP contribution in [0.15, 0.2) is 30.3 Å². The molecule has 0 saturated carbocycles. The zero-order valence-electron chi connectivity index (χ0n) is 17.3. The number of benzene rings is 1. The normalized spacial score (nSPS) is 20.4. The van der Waals surface area contributed by atoms with Gasteiger partial charge < -0.3 is 9.64 Å². The summed E-state index contributed by atoms with van der Waals surface area (Å²) in [5.74, 6) is 0.629. The van der Waals surface area contributed by atoms with Gasteiger partial charge in [-0.25, -0.2) is 14.4 Å². The fourth-order valence-electron chi connectivity index (χ4n) is 3.54. The predicted octanol–water partition coefficient (Wildman–Crippen LogP) is 4.44. The Labute approximate surface area is 168 Å². The van der Waals surface area contributed by atoms with E-state index in [2.05, 4.69) is 18.9 Å². The molecule has 2 rings (SSSR count). The number of nitrogens with zero attached hydrogens (tertiary/aromatic N) is 1. The quantitative estimate of drug-likeness (QED) is 0.604. The number of carbonyl (C=O) groups is 1. The summed E-state index contributed by atoms with van der Waals surface area (Å²) in [6.45, 7) is 9.65. The van der Waals surface area contributed by atoms with E-state index >= 15 is 0 Å². The maximum absolute atomic E-state index is 12.9. The SMILES string of the molecule is CCOP(=O)(N[C@@H]1CN(C(=O)OCc2ccccc2)CC[C@H]1C(C)C)OCC. The first-order valence-electron chi connectivity index (χ1n) is 10.0. The first-order valence-corrected chi connectivity index (χ1v) is 11.5. The van der Waals surface area contributed by atoms with Gasteiger partial charge in [-0.05, 0) is 37.7 Å². The van der Waals surface area contributed by atoms with Crippen molar-refractivity contribution in [3.8, 4) is 0 Å². The Bertz CT molecular complexity index is 645. The summed E-state index contributed by atoms with van der Waals surface area (Å²) in [5.41, 5.74) is 0.944. The molecule has 1 N–H and O–H groups in total. The molecule has 1 saturated heterocycles. The van der Waals surface area contributed by atoms with Crippen molar-refractivity contribution in [2.24, 2.45) is 11.8 Å². The van der Waals surface area contributed by atoms with Gasteiger partial charge in [0.1, 0.15) is 6.61 Å². The minimum absolute atomic E-state index is 0.193. The highest BCUT2D eigenvalue weighted by molar-refractivity contribution is 7.51. The van der Waals surface area contributed by atoms with Gasteiger partial charge in [-0.3, -0.25) is 9.05 Å². The summed E-state index contributed by atoms with van der Waals surface area (Å²) in [6.07, 6.45) is 0.439. The zero-order chi connectivity index (χ0) is 20.6. The third kappa shape index (κ3) is 6.59. The molecule has 8 heteroatoms. The molecule has 0 aromatic heterocycles. The Hall–Kier alpha value is -1.40. The summed E-state index contributed by atoms with van der Waals surface area (Å²) in [5, 5.41) is 3.09. The fourth-order valence-corrected chi connectivity index (χ4v) is 5.12. The summed E-state index contributed by atoms with van der Waals surface area (Å²) >= 11 is 0. The van der Waals surface area contributed by atoms with Gasteiger partial charge in [-0.2, -0.15) is 0 Å². The van der Waals surface area contributed by atoms with E-state index in [0.717, 1.165) is 12.0 Å². The van der Waals surface area contributed by atoms with Gasteiger partial charge in [0, 0.05) is 19.1 Å². The van der Waals surface area contributed by atoms with Gasteiger partial charge >= 0.3 is 13.8 Å². The van der Waals surface area contributed by atoms with Crippen molar-refractivity contribution >= 4 is 13.8 Å². The first kappa shape index (κ1) is 22.9. The second kappa shape index (κ2) is 11.0. The van der Waals surface area contributed by atoms with Crippen molar-refractivity contribution in [2.45, 2.75) is 46.8 Å². The highest BCUT2D eigenvalue weighted by Gasteiger charge is 2.38. The van der Waals surface area contributed by atoms with Crippen LogP contribution in [0.25, 0.3) is 0 Å². The summed E-state index contributed by atoms with van der Waals surface area (Å²) in [4.78, 5) is 14.2. The average Bonchev–Trinajstić information content (AvgIpc) is 2.67. The minimum Gasteiger partial charge on any atom is -0.445 e. The lowest BCUT2D eigenvalue weighted by atomic mass is 9.83. The molecule has 1 heterocycles. The van der Waals surface area contributed by atoms with Crippen LogP contribution in [0.5, 0.6) is 0 Å². The number of hydrogen-bond acceptors (Lipinski definition) is 5. The zero-order valence-corrected chi connectivity index (χ0v) is 18.2. The molecule has 0 radical (unpaired) electrons. The van der Waals surface area contributed by atoms with Crippen LogP contribution in [-0.2, 0) is 25.0 Å². The minimum atomic E-state index is -3.41. The second-order valence-electron chi connectivity index (χ2n) is 7.25. The summed E-state index contributed by atoms with van der Waals surface area (Å²) in [6, 6.07) is 9.40. The smallest absolute Gasteiger partial charge is 0.410 e. The highest BCUT2D eigenvalue weighted by Crippen LogP contribution is 2.45. The van der Waals surface area contributed by atoms with Crippen LogP contribution < -0.4 is 5.09 Å². The maximum Gasteiger partial charge on any atom is 0.410 e. The number of likely N-dealkylation sites (tertiary alicyclic amines) is 1. The monoisotopic (exact) mass is 412 g/mol. The van der Waals surface area contributed by atoms with Crippen LogP contribution in [0.1, 0.15) is 39.7 Å². The van der Waals surface area contributed by atoms with Crippen LogP contribution in [-0.4, -0.2) is 43.3 Å². The molecule has 1 aromatic rings. The molecule has 158 valence electrons. The van der Waals surface area contributed by atoms with Gasteiger partial charge in [-0.1, -0.05) is 44.2 Å². The van der Waals surface area contributed by atoms with E-state index < -0.39 is 7.75 Å². The van der Waals surface area contributed by atoms with Crippen molar-refractivity contribution in [1.29, 1.82) is 0 Å². The molecular weight excluding hydrogens is 379 g/mol. The lowest BCUT2D eigenvalue weighted by molar-refractivity contribution is 0.0655. The Morgan fingerprint density at radius 2 is 1.86 bits per heavy atom. The number of piperidine rings is 1. The molecule has 28 heavy (non-hydrogen) atoms. The molecule has 1 aliphatic rings. The molecule has 1 aromatic carbocycles. The maximum atomic E-state index is 12.9. The van der Waals surface area contributed by atoms with Gasteiger partial charge in [-0.15, -0.1) is 0 Å². The highest BCUT2D eigenvalue weighted by atomic mass is 31.2. The average molecular weight is 412 g/mol. The molecule has 1 fully saturated rings. The number of ether oxygens (including phenoxy) is 1. The van der Waals surface area contributed by atoms with Crippen molar-refractivity contribution in [3.05, 3.63) is 35.9 Å². The predicted molar refractivity (Wildman–Crippen MR) is 109 cm³/mol. The van der Waals surface area contributed by atoms with Crippen molar-refractivity contribution in [1.82, 2.24) is 9.99 Å². The molecule has 7 nitrogen and oxygen atoms in total. The fraction of sp³-hybridized carbons (Fsp3) is 0.650. The Morgan fingerprint density at radius 1 is 1.21 bits per heavy atom. The molecule has 1 amide bonds. The second-order valence-corrected chi connectivity index (χ2v) is 9.02. The van der Waals surface area contributed by atoms with Gasteiger partial charge in [0.05, 0.1) is 13.2 Å². The lowest BCUT2D eigenvalue weighted by Crippen LogP contribution is -2.53. The number of carbonyl (C=O) groups excluding carboxylic acids is 1. The number of nitrogens with one attached hydrogen (secondary N) is 1. The number of rotatable bonds is 9. The number of hydrogen-bond donors (Lipinski definition) is 1. The van der Waals surface area contributed by atoms with Gasteiger partial charge in [0.15, 0.2) is 0 Å². The van der Waals surface area contributed by atoms with E-state index in [1.165, 1.54) is 0 Å². The Morgan fingerprint density at radius 3 is 2.43 bits per heavy atom. The van der Waals surface area contributed by atoms with E-state index in [1.807, 2.05) is 30.3 Å². The van der Waals surface area contributed by atoms with Crippen LogP contribution >= 0.6 is 7.75 Å². The summed E-state index contributed by atoms with van der Waals surface area (Å²) < 4.78 is 29.2. The van der Waals surface area contributed by atoms with E-state index in [4.69, 9.17) is 13.8 Å². The van der Waals surface area contributed by atoms with E-state index in [0.29, 0.717) is 19.0 Å². The van der Waals surface area contributed by atoms with Crippen LogP contribution in [0.2, 0.25) is 0 Å². The number of amides is 1. The third-order valence-corrected chi connectivity index (χ3v) is 6.75. The van der Waals surface area contributed by atoms with Crippen LogP contribution in [0, 0.1) is 11.8 Å². The van der Waals surface area contributed by atoms with Gasteiger partial charge in [0.2, 0.25) is 0 Å². The van der Waals surface area contributed by atoms with E-state index in [9.17, 15) is 9.36 Å². The summed E-state index contributed by atoms with van der Waals surface area (Å²) in [7, 11) is -3.41. The topological polar surface area (TPSA) is 77.1 Å². The third-order valence-electron chi connectivity index (χ3n) is 4.91. The van der Waals surface area contributed by atoms with Crippen molar-refractivity contribution in [2.75, 3.05) is 26.3 Å². The van der Waals surface area contributed by atoms with Crippen LogP contribution in [0.4, 0.5) is 4.79 Å². The molecule has 0 bridgehead atoms. The Balaban J connectivity index is 2.03. The van der Waals surface area contributed by atoms with Gasteiger partial charge in [0.25, 0.3) is 0 Å². The Kier molecular flexibility index (Phi) is 8.96. The lowest BCUT2D eigenvalue weighted by Gasteiger charge is -2.41. The van der Waals surface area contributed by atoms with Crippen molar-refractivity contribution < 1.29 is 23.1 Å². The molecule has 1 aliphatic heterocycles. The van der Waals surface area contributed by atoms with E-state index in [1.54, 1.807) is 18.7 Å². The molecular formula is C20H33N2O5P. The standard InChI is InChI=1S/C20H33N2O5P/c1-5-26-28(24,27-6-2)21-19-14-22(13-12-18(19)16(3)4)20(23)25-15-17-10-8-7-9-11-17/h7-11,16,18-19H,5-6,12-15H2,1-4H3,(H,21,24)/t18-,19+/m0/s1. The van der Waals surface area contributed by atoms with E-state index in [-0.39, 0.29) is 37.9 Å². The van der Waals surface area contributed by atoms with Crippen LogP contribution in [0.3, 0.4) is 0 Å². The van der Waals surface area contributed by atoms with Crippen molar-refractivity contribution in [3.63, 3.8) is 0 Å². The molecule has 0 unspecified atom stereocenters. The molecule has 0 aliphatic carbocycles. The molecule has 2 atom stereocenters. The largest absolute Gasteiger partial charge is 0.445 e.